The first-order chi connectivity index (χ1) is 5.79. The fourth-order valence-electron chi connectivity index (χ4n) is 1.05. The molecule has 0 aromatic carbocycles. The van der Waals surface area contributed by atoms with Gasteiger partial charge in [0.25, 0.3) is 0 Å². The average Bonchev–Trinajstić information content (AvgIpc) is 2.05. The zero-order chi connectivity index (χ0) is 8.81. The lowest BCUT2D eigenvalue weighted by Crippen LogP contribution is -2.35. The first-order valence-electron chi connectivity index (χ1n) is 4.02. The van der Waals surface area contributed by atoms with E-state index in [-0.39, 0.29) is 6.61 Å². The van der Waals surface area contributed by atoms with Crippen molar-refractivity contribution in [1.82, 2.24) is 5.48 Å². The van der Waals surface area contributed by atoms with Crippen LogP contribution in [0.2, 0.25) is 0 Å². The molecule has 1 aliphatic heterocycles. The molecule has 4 nitrogen and oxygen atoms in total. The lowest BCUT2D eigenvalue weighted by molar-refractivity contribution is -0.126. The smallest absolute Gasteiger partial charge is 0.245 e. The van der Waals surface area contributed by atoms with Crippen LogP contribution < -0.4 is 11.2 Å². The maximum Gasteiger partial charge on any atom is 0.245 e. The molecule has 0 unspecified atom stereocenters. The summed E-state index contributed by atoms with van der Waals surface area (Å²) in [6.07, 6.45) is 2.20. The van der Waals surface area contributed by atoms with Crippen LogP contribution in [-0.2, 0) is 9.63 Å². The summed E-state index contributed by atoms with van der Waals surface area (Å²) >= 11 is 1.95. The number of hydrogen-bond donors (Lipinski definition) is 2. The van der Waals surface area contributed by atoms with Crippen molar-refractivity contribution in [3.8, 4) is 0 Å². The molecule has 0 radical (unpaired) electrons. The number of nitrogens with one attached hydrogen (secondary N) is 1. The van der Waals surface area contributed by atoms with E-state index >= 15 is 0 Å². The number of rotatable bonds is 4. The van der Waals surface area contributed by atoms with Crippen molar-refractivity contribution < 1.29 is 9.63 Å². The third-order valence-electron chi connectivity index (χ3n) is 1.69. The van der Waals surface area contributed by atoms with E-state index in [1.165, 1.54) is 0 Å². The Hall–Kier alpha value is -0.260. The number of primary amides is 1. The van der Waals surface area contributed by atoms with Crippen LogP contribution in [0.25, 0.3) is 0 Å². The van der Waals surface area contributed by atoms with Crippen molar-refractivity contribution in [1.29, 1.82) is 0 Å². The molecule has 0 atom stereocenters. The third-order valence-corrected chi connectivity index (χ3v) is 2.73. The molecule has 1 fully saturated rings. The fourth-order valence-corrected chi connectivity index (χ4v) is 2.15. The number of amides is 1. The average molecular weight is 190 g/mol. The van der Waals surface area contributed by atoms with Crippen LogP contribution in [0.4, 0.5) is 0 Å². The van der Waals surface area contributed by atoms with E-state index in [2.05, 4.69) is 5.48 Å². The maximum atomic E-state index is 10.3. The molecule has 70 valence electrons. The van der Waals surface area contributed by atoms with E-state index in [0.29, 0.717) is 6.04 Å². The molecular weight excluding hydrogens is 176 g/mol. The van der Waals surface area contributed by atoms with Crippen LogP contribution in [0.5, 0.6) is 0 Å². The number of hydrogen-bond acceptors (Lipinski definition) is 4. The zero-order valence-corrected chi connectivity index (χ0v) is 7.73. The summed E-state index contributed by atoms with van der Waals surface area (Å²) < 4.78 is 0. The highest BCUT2D eigenvalue weighted by molar-refractivity contribution is 7.99. The molecule has 1 heterocycles. The Labute approximate surface area is 76.2 Å². The zero-order valence-electron chi connectivity index (χ0n) is 6.91. The Morgan fingerprint density at radius 3 is 2.83 bits per heavy atom. The van der Waals surface area contributed by atoms with Crippen molar-refractivity contribution in [2.75, 3.05) is 18.1 Å². The third kappa shape index (κ3) is 3.94. The van der Waals surface area contributed by atoms with Crippen molar-refractivity contribution in [2.24, 2.45) is 5.73 Å². The van der Waals surface area contributed by atoms with E-state index in [0.717, 1.165) is 24.3 Å². The molecule has 12 heavy (non-hydrogen) atoms. The topological polar surface area (TPSA) is 64.4 Å². The van der Waals surface area contributed by atoms with E-state index < -0.39 is 5.91 Å². The summed E-state index contributed by atoms with van der Waals surface area (Å²) in [4.78, 5) is 15.2. The highest BCUT2D eigenvalue weighted by Gasteiger charge is 2.13. The molecule has 0 aromatic heterocycles. The Morgan fingerprint density at radius 1 is 1.58 bits per heavy atom. The van der Waals surface area contributed by atoms with E-state index in [1.54, 1.807) is 0 Å². The molecule has 0 bridgehead atoms. The second-order valence-electron chi connectivity index (χ2n) is 2.76. The number of hydroxylamine groups is 1. The fraction of sp³-hybridized carbons (Fsp3) is 0.857. The molecular formula is C7H14N2O2S. The largest absolute Gasteiger partial charge is 0.368 e. The van der Waals surface area contributed by atoms with Gasteiger partial charge >= 0.3 is 0 Å². The van der Waals surface area contributed by atoms with E-state index in [9.17, 15) is 4.79 Å². The van der Waals surface area contributed by atoms with Gasteiger partial charge in [0.05, 0.1) is 0 Å². The van der Waals surface area contributed by atoms with Crippen LogP contribution in [0.15, 0.2) is 0 Å². The predicted octanol–water partition coefficient (Wildman–Crippen LogP) is -0.112. The first kappa shape index (κ1) is 9.83. The molecule has 1 aliphatic rings. The van der Waals surface area contributed by atoms with Crippen molar-refractivity contribution in [3.05, 3.63) is 0 Å². The van der Waals surface area contributed by atoms with Gasteiger partial charge in [-0.3, -0.25) is 9.63 Å². The molecule has 0 spiro atoms. The summed E-state index contributed by atoms with van der Waals surface area (Å²) in [5, 5.41) is 0. The van der Waals surface area contributed by atoms with Gasteiger partial charge in [-0.15, -0.1) is 0 Å². The van der Waals surface area contributed by atoms with Crippen LogP contribution in [-0.4, -0.2) is 30.1 Å². The summed E-state index contributed by atoms with van der Waals surface area (Å²) in [5.41, 5.74) is 7.74. The second-order valence-corrected chi connectivity index (χ2v) is 3.98. The van der Waals surface area contributed by atoms with Crippen LogP contribution in [0.1, 0.15) is 12.8 Å². The number of carbonyl (C=O) groups excluding carboxylic acids is 1. The second kappa shape index (κ2) is 5.40. The normalized spacial score (nSPS) is 19.3. The molecule has 0 aliphatic carbocycles. The summed E-state index contributed by atoms with van der Waals surface area (Å²) in [5.74, 6) is 1.89. The van der Waals surface area contributed by atoms with Gasteiger partial charge in [0.1, 0.15) is 6.61 Å². The Kier molecular flexibility index (Phi) is 4.42. The highest BCUT2D eigenvalue weighted by atomic mass is 32.2. The van der Waals surface area contributed by atoms with Crippen molar-refractivity contribution in [3.63, 3.8) is 0 Å². The Morgan fingerprint density at radius 2 is 2.25 bits per heavy atom. The lowest BCUT2D eigenvalue weighted by Gasteiger charge is -2.21. The first-order valence-corrected chi connectivity index (χ1v) is 5.18. The van der Waals surface area contributed by atoms with Gasteiger partial charge in [-0.1, -0.05) is 0 Å². The maximum absolute atomic E-state index is 10.3. The van der Waals surface area contributed by atoms with Gasteiger partial charge < -0.3 is 5.73 Å². The number of thioether (sulfide) groups is 1. The standard InChI is InChI=1S/C7H14N2O2S/c8-7(10)5-11-9-6-1-3-12-4-2-6/h6,9H,1-5H2,(H2,8,10). The van der Waals surface area contributed by atoms with Gasteiger partial charge in [-0.2, -0.15) is 17.2 Å². The van der Waals surface area contributed by atoms with Crippen LogP contribution in [0, 0.1) is 0 Å². The molecule has 3 N–H and O–H groups in total. The van der Waals surface area contributed by atoms with Gasteiger partial charge in [0, 0.05) is 6.04 Å². The molecule has 0 saturated carbocycles. The molecule has 5 heteroatoms. The predicted molar refractivity (Wildman–Crippen MR) is 48.6 cm³/mol. The highest BCUT2D eigenvalue weighted by Crippen LogP contribution is 2.16. The number of carbonyl (C=O) groups is 1. The molecule has 1 rings (SSSR count). The SMILES string of the molecule is NC(=O)CONC1CCSCC1. The Bertz CT molecular complexity index is 148. The minimum absolute atomic E-state index is 0.0381. The van der Waals surface area contributed by atoms with E-state index in [4.69, 9.17) is 10.6 Å². The van der Waals surface area contributed by atoms with Gasteiger partial charge in [0.15, 0.2) is 0 Å². The van der Waals surface area contributed by atoms with Gasteiger partial charge in [-0.25, -0.2) is 0 Å². The van der Waals surface area contributed by atoms with Crippen molar-refractivity contribution >= 4 is 17.7 Å². The molecule has 1 amide bonds. The quantitative estimate of drug-likeness (QED) is 0.607. The Balaban J connectivity index is 2.01. The van der Waals surface area contributed by atoms with Gasteiger partial charge in [-0.05, 0) is 24.3 Å². The van der Waals surface area contributed by atoms with Crippen LogP contribution in [0.3, 0.4) is 0 Å². The monoisotopic (exact) mass is 190 g/mol. The van der Waals surface area contributed by atoms with Crippen LogP contribution >= 0.6 is 11.8 Å². The molecule has 0 aromatic rings. The summed E-state index contributed by atoms with van der Waals surface area (Å²) in [7, 11) is 0. The minimum atomic E-state index is -0.437. The number of nitrogens with two attached hydrogens (primary N) is 1. The summed E-state index contributed by atoms with van der Waals surface area (Å²) in [6, 6.07) is 0.394. The lowest BCUT2D eigenvalue weighted by atomic mass is 10.2. The summed E-state index contributed by atoms with van der Waals surface area (Å²) in [6.45, 7) is -0.0381. The van der Waals surface area contributed by atoms with Crippen molar-refractivity contribution in [2.45, 2.75) is 18.9 Å². The molecule has 1 saturated heterocycles. The minimum Gasteiger partial charge on any atom is -0.368 e. The van der Waals surface area contributed by atoms with E-state index in [1.807, 2.05) is 11.8 Å². The van der Waals surface area contributed by atoms with Gasteiger partial charge in [0.2, 0.25) is 5.91 Å².